The number of amides is 2. The summed E-state index contributed by atoms with van der Waals surface area (Å²) in [7, 11) is 1.51. The first kappa shape index (κ1) is 21.6. The number of anilines is 1. The third-order valence-electron chi connectivity index (χ3n) is 3.87. The number of ether oxygens (including phenoxy) is 2. The van der Waals surface area contributed by atoms with Gasteiger partial charge in [0.25, 0.3) is 5.91 Å². The van der Waals surface area contributed by atoms with Crippen molar-refractivity contribution >= 4 is 23.7 Å². The van der Waals surface area contributed by atoms with Gasteiger partial charge < -0.3 is 14.8 Å². The van der Waals surface area contributed by atoms with Crippen molar-refractivity contribution in [1.82, 2.24) is 5.43 Å². The largest absolute Gasteiger partial charge is 0.493 e. The van der Waals surface area contributed by atoms with Crippen LogP contribution in [-0.2, 0) is 9.59 Å². The van der Waals surface area contributed by atoms with E-state index < -0.39 is 23.5 Å². The topological polar surface area (TPSA) is 89.0 Å². The standard InChI is InChI=1S/C21H22FN3O4/c1-4-12-29-19-15(8-7-11-18(19)28-3)13-23-25-21(27)14(2)20(26)24-17-10-6-5-9-16(17)22/h4-11,13-14H,1,12H2,2-3H3,(H,24,26)(H,25,27). The molecule has 8 heteroatoms. The molecule has 0 aliphatic heterocycles. The van der Waals surface area contributed by atoms with Crippen LogP contribution in [0.15, 0.2) is 60.2 Å². The molecule has 2 rings (SSSR count). The van der Waals surface area contributed by atoms with Crippen molar-refractivity contribution in [2.45, 2.75) is 6.92 Å². The molecule has 0 aliphatic carbocycles. The first-order valence-electron chi connectivity index (χ1n) is 8.77. The Morgan fingerprint density at radius 2 is 1.97 bits per heavy atom. The number of halogens is 1. The normalized spacial score (nSPS) is 11.6. The fraction of sp³-hybridized carbons (Fsp3) is 0.190. The molecule has 0 aliphatic rings. The maximum atomic E-state index is 13.6. The molecule has 7 nitrogen and oxygen atoms in total. The highest BCUT2D eigenvalue weighted by Gasteiger charge is 2.22. The molecule has 0 saturated heterocycles. The van der Waals surface area contributed by atoms with Gasteiger partial charge in [0.15, 0.2) is 11.5 Å². The number of hydrogen-bond donors (Lipinski definition) is 2. The highest BCUT2D eigenvalue weighted by atomic mass is 19.1. The van der Waals surface area contributed by atoms with Gasteiger partial charge in [-0.2, -0.15) is 5.10 Å². The summed E-state index contributed by atoms with van der Waals surface area (Å²) in [5, 5.41) is 6.25. The van der Waals surface area contributed by atoms with E-state index in [1.807, 2.05) is 0 Å². The molecule has 2 amide bonds. The van der Waals surface area contributed by atoms with Gasteiger partial charge in [0, 0.05) is 5.56 Å². The van der Waals surface area contributed by atoms with E-state index in [-0.39, 0.29) is 12.3 Å². The van der Waals surface area contributed by atoms with Crippen molar-refractivity contribution in [3.8, 4) is 11.5 Å². The van der Waals surface area contributed by atoms with Crippen LogP contribution in [0.1, 0.15) is 12.5 Å². The molecule has 0 radical (unpaired) electrons. The molecule has 1 unspecified atom stereocenters. The van der Waals surface area contributed by atoms with Crippen LogP contribution in [-0.4, -0.2) is 31.7 Å². The molecule has 0 heterocycles. The van der Waals surface area contributed by atoms with Gasteiger partial charge in [0.05, 0.1) is 19.0 Å². The molecule has 152 valence electrons. The van der Waals surface area contributed by atoms with Crippen LogP contribution in [0.4, 0.5) is 10.1 Å². The second-order valence-corrected chi connectivity index (χ2v) is 5.90. The van der Waals surface area contributed by atoms with Crippen molar-refractivity contribution < 1.29 is 23.5 Å². The Morgan fingerprint density at radius 1 is 1.21 bits per heavy atom. The SMILES string of the molecule is C=CCOc1c(C=NNC(=O)C(C)C(=O)Nc2ccccc2F)cccc1OC. The minimum atomic E-state index is -1.09. The summed E-state index contributed by atoms with van der Waals surface area (Å²) in [6, 6.07) is 10.9. The van der Waals surface area contributed by atoms with Crippen molar-refractivity contribution in [3.05, 3.63) is 66.5 Å². The predicted octanol–water partition coefficient (Wildman–Crippen LogP) is 3.12. The van der Waals surface area contributed by atoms with Crippen LogP contribution in [0.5, 0.6) is 11.5 Å². The highest BCUT2D eigenvalue weighted by Crippen LogP contribution is 2.30. The van der Waals surface area contributed by atoms with Gasteiger partial charge in [0.2, 0.25) is 5.91 Å². The van der Waals surface area contributed by atoms with Crippen LogP contribution >= 0.6 is 0 Å². The summed E-state index contributed by atoms with van der Waals surface area (Å²) in [6.07, 6.45) is 2.96. The average molecular weight is 399 g/mol. The summed E-state index contributed by atoms with van der Waals surface area (Å²) in [5.41, 5.74) is 2.86. The van der Waals surface area contributed by atoms with Gasteiger partial charge in [-0.15, -0.1) is 0 Å². The van der Waals surface area contributed by atoms with E-state index in [1.165, 1.54) is 38.4 Å². The average Bonchev–Trinajstić information content (AvgIpc) is 2.73. The smallest absolute Gasteiger partial charge is 0.252 e. The summed E-state index contributed by atoms with van der Waals surface area (Å²) in [5.74, 6) is -2.03. The highest BCUT2D eigenvalue weighted by molar-refractivity contribution is 6.06. The van der Waals surface area contributed by atoms with Crippen LogP contribution in [0, 0.1) is 11.7 Å². The number of methoxy groups -OCH3 is 1. The minimum Gasteiger partial charge on any atom is -0.493 e. The zero-order valence-corrected chi connectivity index (χ0v) is 16.1. The summed E-state index contributed by atoms with van der Waals surface area (Å²) in [6.45, 7) is 5.26. The van der Waals surface area contributed by atoms with Gasteiger partial charge in [-0.05, 0) is 31.2 Å². The Labute approximate surface area is 168 Å². The van der Waals surface area contributed by atoms with Crippen molar-refractivity contribution in [3.63, 3.8) is 0 Å². The lowest BCUT2D eigenvalue weighted by Crippen LogP contribution is -2.34. The molecule has 29 heavy (non-hydrogen) atoms. The molecular weight excluding hydrogens is 377 g/mol. The van der Waals surface area contributed by atoms with Gasteiger partial charge in [-0.1, -0.05) is 30.9 Å². The third-order valence-corrected chi connectivity index (χ3v) is 3.87. The number of hydrogen-bond acceptors (Lipinski definition) is 5. The Hall–Kier alpha value is -3.68. The monoisotopic (exact) mass is 399 g/mol. The summed E-state index contributed by atoms with van der Waals surface area (Å²) in [4.78, 5) is 24.3. The van der Waals surface area contributed by atoms with E-state index >= 15 is 0 Å². The van der Waals surface area contributed by atoms with E-state index in [9.17, 15) is 14.0 Å². The molecule has 0 fully saturated rings. The Morgan fingerprint density at radius 3 is 2.66 bits per heavy atom. The van der Waals surface area contributed by atoms with E-state index in [4.69, 9.17) is 9.47 Å². The lowest BCUT2D eigenvalue weighted by molar-refractivity contribution is -0.131. The van der Waals surface area contributed by atoms with Crippen LogP contribution in [0.25, 0.3) is 0 Å². The van der Waals surface area contributed by atoms with Crippen molar-refractivity contribution in [2.24, 2.45) is 11.0 Å². The van der Waals surface area contributed by atoms with E-state index in [0.29, 0.717) is 17.1 Å². The van der Waals surface area contributed by atoms with E-state index in [0.717, 1.165) is 0 Å². The molecule has 2 N–H and O–H groups in total. The second-order valence-electron chi connectivity index (χ2n) is 5.90. The fourth-order valence-corrected chi connectivity index (χ4v) is 2.28. The Balaban J connectivity index is 2.02. The van der Waals surface area contributed by atoms with Gasteiger partial charge in [0.1, 0.15) is 18.3 Å². The van der Waals surface area contributed by atoms with E-state index in [2.05, 4.69) is 22.4 Å². The first-order chi connectivity index (χ1) is 14.0. The molecule has 2 aromatic carbocycles. The zero-order chi connectivity index (χ0) is 21.2. The van der Waals surface area contributed by atoms with Gasteiger partial charge in [-0.25, -0.2) is 9.82 Å². The first-order valence-corrected chi connectivity index (χ1v) is 8.77. The van der Waals surface area contributed by atoms with Crippen molar-refractivity contribution in [2.75, 3.05) is 19.0 Å². The number of para-hydroxylation sites is 2. The molecule has 0 spiro atoms. The quantitative estimate of drug-likeness (QED) is 0.293. The number of benzene rings is 2. The Bertz CT molecular complexity index is 915. The van der Waals surface area contributed by atoms with Crippen LogP contribution in [0.2, 0.25) is 0 Å². The maximum Gasteiger partial charge on any atom is 0.252 e. The number of nitrogens with zero attached hydrogens (tertiary/aromatic N) is 1. The number of rotatable bonds is 9. The number of carbonyl (C=O) groups is 2. The predicted molar refractivity (Wildman–Crippen MR) is 109 cm³/mol. The number of carbonyl (C=O) groups excluding carboxylic acids is 2. The zero-order valence-electron chi connectivity index (χ0n) is 16.1. The summed E-state index contributed by atoms with van der Waals surface area (Å²) >= 11 is 0. The molecular formula is C21H22FN3O4. The number of hydrazone groups is 1. The molecule has 2 aromatic rings. The second kappa shape index (κ2) is 10.6. The Kier molecular flexibility index (Phi) is 7.90. The third kappa shape index (κ3) is 5.90. The molecule has 1 atom stereocenters. The van der Waals surface area contributed by atoms with Gasteiger partial charge in [-0.3, -0.25) is 9.59 Å². The fourth-order valence-electron chi connectivity index (χ4n) is 2.28. The van der Waals surface area contributed by atoms with Crippen LogP contribution < -0.4 is 20.2 Å². The maximum absolute atomic E-state index is 13.6. The number of nitrogens with one attached hydrogen (secondary N) is 2. The molecule has 0 bridgehead atoms. The molecule has 0 aromatic heterocycles. The lowest BCUT2D eigenvalue weighted by atomic mass is 10.1. The van der Waals surface area contributed by atoms with Crippen molar-refractivity contribution in [1.29, 1.82) is 0 Å². The summed E-state index contributed by atoms with van der Waals surface area (Å²) < 4.78 is 24.5. The van der Waals surface area contributed by atoms with Gasteiger partial charge >= 0.3 is 0 Å². The van der Waals surface area contributed by atoms with Crippen LogP contribution in [0.3, 0.4) is 0 Å². The molecule has 0 saturated carbocycles. The van der Waals surface area contributed by atoms with E-state index in [1.54, 1.807) is 30.3 Å². The lowest BCUT2D eigenvalue weighted by Gasteiger charge is -2.12. The minimum absolute atomic E-state index is 0.000964.